The number of benzene rings is 1. The number of rotatable bonds is 3. The molecule has 5 nitrogen and oxygen atoms in total. The number of amides is 1. The highest BCUT2D eigenvalue weighted by molar-refractivity contribution is 5.89. The maximum Gasteiger partial charge on any atom is 0.227 e. The molecular formula is C20H27N3O2. The van der Waals surface area contributed by atoms with Gasteiger partial charge in [-0.05, 0) is 30.9 Å². The van der Waals surface area contributed by atoms with E-state index in [2.05, 4.69) is 27.8 Å². The Morgan fingerprint density at radius 1 is 1.16 bits per heavy atom. The van der Waals surface area contributed by atoms with Crippen molar-refractivity contribution in [1.82, 2.24) is 14.4 Å². The Morgan fingerprint density at radius 2 is 1.92 bits per heavy atom. The van der Waals surface area contributed by atoms with Crippen molar-refractivity contribution in [1.29, 1.82) is 0 Å². The molecule has 2 fully saturated rings. The molecule has 1 aliphatic heterocycles. The van der Waals surface area contributed by atoms with Crippen LogP contribution in [-0.2, 0) is 18.3 Å². The van der Waals surface area contributed by atoms with Crippen LogP contribution in [0.15, 0.2) is 30.5 Å². The highest BCUT2D eigenvalue weighted by Gasteiger charge is 2.33. The molecule has 4 rings (SSSR count). The Balaban J connectivity index is 1.39. The lowest BCUT2D eigenvalue weighted by Gasteiger charge is -2.39. The summed E-state index contributed by atoms with van der Waals surface area (Å²) < 4.78 is 2.09. The summed E-state index contributed by atoms with van der Waals surface area (Å²) in [5.74, 6) is 0.211. The maximum absolute atomic E-state index is 12.8. The lowest BCUT2D eigenvalue weighted by atomic mass is 10.1. The summed E-state index contributed by atoms with van der Waals surface area (Å²) in [6.07, 6.45) is 5.49. The number of carbonyl (C=O) groups excluding carboxylic acids is 1. The van der Waals surface area contributed by atoms with Gasteiger partial charge in [0.2, 0.25) is 5.91 Å². The molecule has 2 aromatic rings. The molecule has 5 heteroatoms. The van der Waals surface area contributed by atoms with Crippen LogP contribution in [0.25, 0.3) is 10.9 Å². The van der Waals surface area contributed by atoms with Crippen LogP contribution in [0.1, 0.15) is 24.8 Å². The van der Waals surface area contributed by atoms with Crippen molar-refractivity contribution < 1.29 is 9.90 Å². The number of fused-ring (bicyclic) bond motifs is 1. The number of para-hydroxylation sites is 1. The van der Waals surface area contributed by atoms with Gasteiger partial charge in [-0.2, -0.15) is 0 Å². The van der Waals surface area contributed by atoms with Crippen LogP contribution in [0, 0.1) is 0 Å². The van der Waals surface area contributed by atoms with Crippen LogP contribution < -0.4 is 0 Å². The predicted molar refractivity (Wildman–Crippen MR) is 98.4 cm³/mol. The monoisotopic (exact) mass is 341 g/mol. The average Bonchev–Trinajstić information content (AvgIpc) is 3.19. The van der Waals surface area contributed by atoms with Gasteiger partial charge in [0.15, 0.2) is 0 Å². The van der Waals surface area contributed by atoms with Gasteiger partial charge in [-0.1, -0.05) is 18.2 Å². The molecule has 2 atom stereocenters. The van der Waals surface area contributed by atoms with Crippen molar-refractivity contribution in [3.05, 3.63) is 36.0 Å². The molecule has 134 valence electrons. The minimum absolute atomic E-state index is 0.182. The van der Waals surface area contributed by atoms with Gasteiger partial charge in [0.05, 0.1) is 12.5 Å². The largest absolute Gasteiger partial charge is 0.391 e. The summed E-state index contributed by atoms with van der Waals surface area (Å²) >= 11 is 0. The van der Waals surface area contributed by atoms with Gasteiger partial charge in [0.25, 0.3) is 0 Å². The van der Waals surface area contributed by atoms with E-state index < -0.39 is 0 Å². The van der Waals surface area contributed by atoms with Crippen molar-refractivity contribution in [2.24, 2.45) is 7.05 Å². The van der Waals surface area contributed by atoms with Gasteiger partial charge < -0.3 is 14.6 Å². The zero-order valence-corrected chi connectivity index (χ0v) is 14.9. The van der Waals surface area contributed by atoms with E-state index in [1.807, 2.05) is 24.1 Å². The Hall–Kier alpha value is -1.85. The van der Waals surface area contributed by atoms with E-state index in [1.54, 1.807) is 0 Å². The molecule has 1 saturated carbocycles. The number of hydrogen-bond acceptors (Lipinski definition) is 3. The van der Waals surface area contributed by atoms with Crippen LogP contribution >= 0.6 is 0 Å². The lowest BCUT2D eigenvalue weighted by molar-refractivity contribution is -0.132. The van der Waals surface area contributed by atoms with Crippen LogP contribution in [0.5, 0.6) is 0 Å². The van der Waals surface area contributed by atoms with Gasteiger partial charge in [-0.25, -0.2) is 0 Å². The highest BCUT2D eigenvalue weighted by Crippen LogP contribution is 2.25. The fourth-order valence-corrected chi connectivity index (χ4v) is 4.49. The Kier molecular flexibility index (Phi) is 4.52. The number of aliphatic hydroxyl groups is 1. The van der Waals surface area contributed by atoms with Crippen molar-refractivity contribution in [2.75, 3.05) is 26.2 Å². The van der Waals surface area contributed by atoms with E-state index in [9.17, 15) is 9.90 Å². The summed E-state index contributed by atoms with van der Waals surface area (Å²) in [6, 6.07) is 8.55. The first kappa shape index (κ1) is 16.6. The lowest BCUT2D eigenvalue weighted by Crippen LogP contribution is -2.53. The minimum atomic E-state index is -0.182. The number of piperazine rings is 1. The molecule has 1 aliphatic carbocycles. The molecule has 1 N–H and O–H groups in total. The molecule has 2 heterocycles. The molecule has 1 aromatic carbocycles. The minimum Gasteiger partial charge on any atom is -0.391 e. The SMILES string of the molecule is Cn1cc(CC(=O)N2CCN([C@@H]3CCC[C@@H]3O)CC2)c2ccccc21. The average molecular weight is 341 g/mol. The van der Waals surface area contributed by atoms with E-state index in [1.165, 1.54) is 10.9 Å². The smallest absolute Gasteiger partial charge is 0.227 e. The van der Waals surface area contributed by atoms with Gasteiger partial charge in [0, 0.05) is 56.4 Å². The summed E-state index contributed by atoms with van der Waals surface area (Å²) in [5.41, 5.74) is 2.28. The van der Waals surface area contributed by atoms with E-state index in [0.717, 1.165) is 51.0 Å². The Bertz CT molecular complexity index is 761. The molecule has 0 bridgehead atoms. The summed E-state index contributed by atoms with van der Waals surface area (Å²) in [5, 5.41) is 11.3. The number of aryl methyl sites for hydroxylation is 1. The number of nitrogens with zero attached hydrogens (tertiary/aromatic N) is 3. The first-order chi connectivity index (χ1) is 12.1. The van der Waals surface area contributed by atoms with Crippen LogP contribution in [-0.4, -0.2) is 63.7 Å². The molecule has 0 radical (unpaired) electrons. The van der Waals surface area contributed by atoms with Crippen LogP contribution in [0.4, 0.5) is 0 Å². The molecule has 0 unspecified atom stereocenters. The molecule has 25 heavy (non-hydrogen) atoms. The summed E-state index contributed by atoms with van der Waals surface area (Å²) in [4.78, 5) is 17.1. The predicted octanol–water partition coefficient (Wildman–Crippen LogP) is 1.78. The fraction of sp³-hybridized carbons (Fsp3) is 0.550. The van der Waals surface area contributed by atoms with Crippen LogP contribution in [0.3, 0.4) is 0 Å². The topological polar surface area (TPSA) is 48.7 Å². The Morgan fingerprint density at radius 3 is 2.64 bits per heavy atom. The van der Waals surface area contributed by atoms with E-state index in [0.29, 0.717) is 12.5 Å². The number of aromatic nitrogens is 1. The summed E-state index contributed by atoms with van der Waals surface area (Å²) in [6.45, 7) is 3.30. The maximum atomic E-state index is 12.8. The van der Waals surface area contributed by atoms with Crippen molar-refractivity contribution in [3.8, 4) is 0 Å². The quantitative estimate of drug-likeness (QED) is 0.926. The first-order valence-corrected chi connectivity index (χ1v) is 9.36. The Labute approximate surface area is 148 Å². The molecule has 1 aromatic heterocycles. The zero-order valence-electron chi connectivity index (χ0n) is 14.9. The zero-order chi connectivity index (χ0) is 17.4. The molecule has 1 amide bonds. The highest BCUT2D eigenvalue weighted by atomic mass is 16.3. The standard InChI is InChI=1S/C20H27N3O2/c1-21-14-15(16-5-2-3-6-17(16)21)13-20(25)23-11-9-22(10-12-23)18-7-4-8-19(18)24/h2-3,5-6,14,18-19,24H,4,7-13H2,1H3/t18-,19+/m1/s1. The fourth-order valence-electron chi connectivity index (χ4n) is 4.49. The van der Waals surface area contributed by atoms with E-state index >= 15 is 0 Å². The molecule has 1 saturated heterocycles. The molecule has 0 spiro atoms. The van der Waals surface area contributed by atoms with Crippen molar-refractivity contribution in [3.63, 3.8) is 0 Å². The van der Waals surface area contributed by atoms with E-state index in [-0.39, 0.29) is 12.0 Å². The van der Waals surface area contributed by atoms with Crippen molar-refractivity contribution in [2.45, 2.75) is 37.8 Å². The van der Waals surface area contributed by atoms with Gasteiger partial charge in [0.1, 0.15) is 0 Å². The van der Waals surface area contributed by atoms with Gasteiger partial charge in [-0.3, -0.25) is 9.69 Å². The third-order valence-electron chi connectivity index (χ3n) is 5.90. The summed E-state index contributed by atoms with van der Waals surface area (Å²) in [7, 11) is 2.03. The number of hydrogen-bond donors (Lipinski definition) is 1. The number of carbonyl (C=O) groups is 1. The van der Waals surface area contributed by atoms with Crippen molar-refractivity contribution >= 4 is 16.8 Å². The normalized spacial score (nSPS) is 25.0. The second-order valence-electron chi connectivity index (χ2n) is 7.44. The second-order valence-corrected chi connectivity index (χ2v) is 7.44. The van der Waals surface area contributed by atoms with Gasteiger partial charge in [-0.15, -0.1) is 0 Å². The van der Waals surface area contributed by atoms with Gasteiger partial charge >= 0.3 is 0 Å². The number of aliphatic hydroxyl groups excluding tert-OH is 1. The second kappa shape index (κ2) is 6.81. The third kappa shape index (κ3) is 3.18. The van der Waals surface area contributed by atoms with E-state index in [4.69, 9.17) is 0 Å². The third-order valence-corrected chi connectivity index (χ3v) is 5.90. The first-order valence-electron chi connectivity index (χ1n) is 9.36. The van der Waals surface area contributed by atoms with Crippen LogP contribution in [0.2, 0.25) is 0 Å². The molecule has 2 aliphatic rings. The molecular weight excluding hydrogens is 314 g/mol.